The molecule has 0 amide bonds. The quantitative estimate of drug-likeness (QED) is 0.856. The number of rotatable bonds is 4. The molecule has 1 saturated heterocycles. The topological polar surface area (TPSA) is 20.3 Å². The molecule has 1 aliphatic rings. The third kappa shape index (κ3) is 3.48. The molecule has 0 saturated carbocycles. The molecule has 120 valence electrons. The molecule has 2 atom stereocenters. The molecule has 0 N–H and O–H groups in total. The third-order valence-electron chi connectivity index (χ3n) is 4.54. The van der Waals surface area contributed by atoms with Gasteiger partial charge in [-0.1, -0.05) is 36.4 Å². The summed E-state index contributed by atoms with van der Waals surface area (Å²) in [7, 11) is 0. The van der Waals surface area contributed by atoms with Crippen LogP contribution in [0.25, 0.3) is 0 Å². The number of hydrogen-bond acceptors (Lipinski definition) is 2. The van der Waals surface area contributed by atoms with Crippen molar-refractivity contribution in [3.05, 3.63) is 71.3 Å². The fourth-order valence-corrected chi connectivity index (χ4v) is 3.35. The average molecular weight is 315 g/mol. The molecule has 0 aromatic heterocycles. The van der Waals surface area contributed by atoms with Crippen LogP contribution in [0.4, 0.5) is 8.78 Å². The first-order valence-electron chi connectivity index (χ1n) is 7.76. The fraction of sp³-hybridized carbons (Fsp3) is 0.316. The summed E-state index contributed by atoms with van der Waals surface area (Å²) in [6, 6.07) is 14.0. The molecule has 23 heavy (non-hydrogen) atoms. The van der Waals surface area contributed by atoms with Crippen LogP contribution in [0.15, 0.2) is 48.5 Å². The van der Waals surface area contributed by atoms with Gasteiger partial charge in [-0.05, 0) is 30.2 Å². The largest absolute Gasteiger partial charge is 0.300 e. The number of hydrogen-bond donors (Lipinski definition) is 0. The highest BCUT2D eigenvalue weighted by molar-refractivity contribution is 5.80. The highest BCUT2D eigenvalue weighted by Crippen LogP contribution is 2.34. The van der Waals surface area contributed by atoms with Crippen LogP contribution in [0.2, 0.25) is 0 Å². The van der Waals surface area contributed by atoms with Crippen LogP contribution >= 0.6 is 0 Å². The Balaban J connectivity index is 1.81. The summed E-state index contributed by atoms with van der Waals surface area (Å²) >= 11 is 0. The smallest absolute Gasteiger partial charge is 0.159 e. The van der Waals surface area contributed by atoms with E-state index in [-0.39, 0.29) is 17.6 Å². The fourth-order valence-electron chi connectivity index (χ4n) is 3.35. The normalized spacial score (nSPS) is 21.5. The second kappa shape index (κ2) is 6.59. The maximum absolute atomic E-state index is 13.5. The minimum atomic E-state index is -0.855. The van der Waals surface area contributed by atoms with Crippen LogP contribution < -0.4 is 0 Å². The van der Waals surface area contributed by atoms with Crippen molar-refractivity contribution in [3.63, 3.8) is 0 Å². The van der Waals surface area contributed by atoms with E-state index in [1.165, 1.54) is 11.6 Å². The minimum absolute atomic E-state index is 0.0914. The molecule has 0 aliphatic carbocycles. The standard InChI is InChI=1S/C19H19F2NO/c1-13(23)16-11-22(10-14-5-3-2-4-6-14)12-17(16)15-7-8-18(20)19(21)9-15/h2-9,16-17H,10-12H2,1H3. The zero-order chi connectivity index (χ0) is 16.4. The summed E-state index contributed by atoms with van der Waals surface area (Å²) in [5.74, 6) is -1.89. The summed E-state index contributed by atoms with van der Waals surface area (Å²) in [4.78, 5) is 14.2. The lowest BCUT2D eigenvalue weighted by molar-refractivity contribution is -0.120. The number of likely N-dealkylation sites (tertiary alicyclic amines) is 1. The van der Waals surface area contributed by atoms with Crippen LogP contribution in [0.1, 0.15) is 24.0 Å². The number of carbonyl (C=O) groups is 1. The van der Waals surface area contributed by atoms with Crippen molar-refractivity contribution < 1.29 is 13.6 Å². The second-order valence-corrected chi connectivity index (χ2v) is 6.18. The van der Waals surface area contributed by atoms with E-state index < -0.39 is 11.6 Å². The first kappa shape index (κ1) is 15.8. The Morgan fingerprint density at radius 1 is 1.09 bits per heavy atom. The lowest BCUT2D eigenvalue weighted by Crippen LogP contribution is -2.22. The van der Waals surface area contributed by atoms with E-state index >= 15 is 0 Å². The minimum Gasteiger partial charge on any atom is -0.300 e. The van der Waals surface area contributed by atoms with Crippen molar-refractivity contribution in [3.8, 4) is 0 Å². The van der Waals surface area contributed by atoms with Crippen molar-refractivity contribution in [1.29, 1.82) is 0 Å². The molecule has 2 unspecified atom stereocenters. The molecular formula is C19H19F2NO. The molecule has 0 spiro atoms. The Morgan fingerprint density at radius 2 is 1.83 bits per heavy atom. The van der Waals surface area contributed by atoms with Gasteiger partial charge in [0.05, 0.1) is 0 Å². The lowest BCUT2D eigenvalue weighted by atomic mass is 9.86. The van der Waals surface area contributed by atoms with E-state index in [1.54, 1.807) is 13.0 Å². The van der Waals surface area contributed by atoms with E-state index in [2.05, 4.69) is 4.90 Å². The lowest BCUT2D eigenvalue weighted by Gasteiger charge is -2.17. The summed E-state index contributed by atoms with van der Waals surface area (Å²) < 4.78 is 26.7. The molecule has 0 bridgehead atoms. The van der Waals surface area contributed by atoms with Crippen molar-refractivity contribution in [2.45, 2.75) is 19.4 Å². The molecule has 0 radical (unpaired) electrons. The molecule has 2 aromatic rings. The zero-order valence-electron chi connectivity index (χ0n) is 13.0. The van der Waals surface area contributed by atoms with Gasteiger partial charge >= 0.3 is 0 Å². The molecule has 1 fully saturated rings. The van der Waals surface area contributed by atoms with Gasteiger partial charge in [-0.25, -0.2) is 8.78 Å². The molecule has 3 rings (SSSR count). The summed E-state index contributed by atoms with van der Waals surface area (Å²) in [6.45, 7) is 3.65. The second-order valence-electron chi connectivity index (χ2n) is 6.18. The molecule has 1 aliphatic heterocycles. The monoisotopic (exact) mass is 315 g/mol. The number of carbonyl (C=O) groups excluding carboxylic acids is 1. The number of halogens is 2. The van der Waals surface area contributed by atoms with Crippen molar-refractivity contribution in [2.24, 2.45) is 5.92 Å². The van der Waals surface area contributed by atoms with Gasteiger partial charge in [0.1, 0.15) is 5.78 Å². The van der Waals surface area contributed by atoms with Crippen molar-refractivity contribution >= 4 is 5.78 Å². The zero-order valence-corrected chi connectivity index (χ0v) is 13.0. The molecule has 2 nitrogen and oxygen atoms in total. The van der Waals surface area contributed by atoms with E-state index in [4.69, 9.17) is 0 Å². The highest BCUT2D eigenvalue weighted by atomic mass is 19.2. The van der Waals surface area contributed by atoms with Crippen LogP contribution in [0.3, 0.4) is 0 Å². The van der Waals surface area contributed by atoms with E-state index in [9.17, 15) is 13.6 Å². The van der Waals surface area contributed by atoms with Crippen molar-refractivity contribution in [1.82, 2.24) is 4.90 Å². The van der Waals surface area contributed by atoms with Crippen LogP contribution in [-0.2, 0) is 11.3 Å². The van der Waals surface area contributed by atoms with E-state index in [0.717, 1.165) is 12.6 Å². The predicted molar refractivity (Wildman–Crippen MR) is 85.0 cm³/mol. The molecule has 4 heteroatoms. The summed E-state index contributed by atoms with van der Waals surface area (Å²) in [5, 5.41) is 0. The van der Waals surface area contributed by atoms with Gasteiger partial charge in [0.25, 0.3) is 0 Å². The van der Waals surface area contributed by atoms with Gasteiger partial charge in [0.2, 0.25) is 0 Å². The van der Waals surface area contributed by atoms with Gasteiger partial charge in [0.15, 0.2) is 11.6 Å². The number of nitrogens with zero attached hydrogens (tertiary/aromatic N) is 1. The molecule has 2 aromatic carbocycles. The number of ketones is 1. The van der Waals surface area contributed by atoms with Gasteiger partial charge in [0, 0.05) is 31.5 Å². The van der Waals surface area contributed by atoms with Crippen molar-refractivity contribution in [2.75, 3.05) is 13.1 Å². The average Bonchev–Trinajstić information content (AvgIpc) is 2.95. The Morgan fingerprint density at radius 3 is 2.48 bits per heavy atom. The van der Waals surface area contributed by atoms with Gasteiger partial charge < -0.3 is 0 Å². The van der Waals surface area contributed by atoms with E-state index in [1.807, 2.05) is 30.3 Å². The van der Waals surface area contributed by atoms with Gasteiger partial charge in [-0.3, -0.25) is 9.69 Å². The van der Waals surface area contributed by atoms with Gasteiger partial charge in [-0.2, -0.15) is 0 Å². The highest BCUT2D eigenvalue weighted by Gasteiger charge is 2.36. The summed E-state index contributed by atoms with van der Waals surface area (Å²) in [5.41, 5.74) is 1.88. The number of benzene rings is 2. The van der Waals surface area contributed by atoms with Crippen LogP contribution in [0.5, 0.6) is 0 Å². The Kier molecular flexibility index (Phi) is 4.53. The first-order valence-corrected chi connectivity index (χ1v) is 7.76. The summed E-state index contributed by atoms with van der Waals surface area (Å²) in [6.07, 6.45) is 0. The first-order chi connectivity index (χ1) is 11.0. The maximum atomic E-state index is 13.5. The SMILES string of the molecule is CC(=O)C1CN(Cc2ccccc2)CC1c1ccc(F)c(F)c1. The molecular weight excluding hydrogens is 296 g/mol. The predicted octanol–water partition coefficient (Wildman–Crippen LogP) is 3.77. The van der Waals surface area contributed by atoms with Crippen LogP contribution in [0, 0.1) is 17.6 Å². The number of Topliss-reactive ketones (excluding diaryl/α,β-unsaturated/α-hetero) is 1. The van der Waals surface area contributed by atoms with Crippen LogP contribution in [-0.4, -0.2) is 23.8 Å². The Hall–Kier alpha value is -2.07. The van der Waals surface area contributed by atoms with E-state index in [0.29, 0.717) is 18.7 Å². The molecule has 1 heterocycles. The Labute approximate surface area is 134 Å². The third-order valence-corrected chi connectivity index (χ3v) is 4.54. The Bertz CT molecular complexity index is 702. The van der Waals surface area contributed by atoms with Gasteiger partial charge in [-0.15, -0.1) is 0 Å². The maximum Gasteiger partial charge on any atom is 0.159 e.